The number of nitrogen functional groups attached to an aromatic ring is 1. The number of anilines is 1. The van der Waals surface area contributed by atoms with Crippen molar-refractivity contribution in [2.75, 3.05) is 18.8 Å². The quantitative estimate of drug-likeness (QED) is 0.734. The first-order chi connectivity index (χ1) is 7.78. The van der Waals surface area contributed by atoms with Crippen molar-refractivity contribution in [3.8, 4) is 0 Å². The first kappa shape index (κ1) is 9.66. The van der Waals surface area contributed by atoms with Gasteiger partial charge in [-0.05, 0) is 24.7 Å². The molecule has 0 fully saturated rings. The highest BCUT2D eigenvalue weighted by Gasteiger charge is 2.18. The van der Waals surface area contributed by atoms with Crippen LogP contribution in [0.1, 0.15) is 12.7 Å². The van der Waals surface area contributed by atoms with E-state index in [-0.39, 0.29) is 0 Å². The number of hydrogen-bond donors (Lipinski definition) is 1. The summed E-state index contributed by atoms with van der Waals surface area (Å²) < 4.78 is 2.31. The zero-order chi connectivity index (χ0) is 11.1. The Bertz CT molecular complexity index is 529. The Labute approximate surface area is 94.7 Å². The Morgan fingerprint density at radius 1 is 1.38 bits per heavy atom. The van der Waals surface area contributed by atoms with Crippen LogP contribution in [0.25, 0.3) is 11.0 Å². The number of imidazole rings is 1. The van der Waals surface area contributed by atoms with E-state index in [0.717, 1.165) is 43.2 Å². The molecule has 16 heavy (non-hydrogen) atoms. The van der Waals surface area contributed by atoms with Crippen molar-refractivity contribution in [2.45, 2.75) is 20.0 Å². The highest BCUT2D eigenvalue weighted by atomic mass is 15.2. The Morgan fingerprint density at radius 3 is 3.06 bits per heavy atom. The molecule has 0 atom stereocenters. The van der Waals surface area contributed by atoms with E-state index in [1.54, 1.807) is 0 Å². The molecule has 84 valence electrons. The molecular formula is C12H16N4. The van der Waals surface area contributed by atoms with E-state index in [0.29, 0.717) is 0 Å². The zero-order valence-electron chi connectivity index (χ0n) is 9.48. The fraction of sp³-hybridized carbons (Fsp3) is 0.417. The van der Waals surface area contributed by atoms with E-state index in [1.807, 2.05) is 12.1 Å². The van der Waals surface area contributed by atoms with Crippen LogP contribution in [0.15, 0.2) is 18.2 Å². The number of fused-ring (bicyclic) bond motifs is 3. The minimum absolute atomic E-state index is 0.787. The number of likely N-dealkylation sites (N-methyl/N-ethyl adjacent to an activating group) is 1. The molecule has 2 N–H and O–H groups in total. The van der Waals surface area contributed by atoms with Crippen LogP contribution in [-0.4, -0.2) is 27.5 Å². The van der Waals surface area contributed by atoms with Crippen LogP contribution in [0.5, 0.6) is 0 Å². The van der Waals surface area contributed by atoms with E-state index in [9.17, 15) is 0 Å². The highest BCUT2D eigenvalue weighted by molar-refractivity contribution is 5.79. The lowest BCUT2D eigenvalue weighted by Gasteiger charge is -2.26. The van der Waals surface area contributed by atoms with Gasteiger partial charge >= 0.3 is 0 Å². The van der Waals surface area contributed by atoms with E-state index in [1.165, 1.54) is 5.52 Å². The van der Waals surface area contributed by atoms with Crippen LogP contribution in [0.2, 0.25) is 0 Å². The third kappa shape index (κ3) is 1.38. The van der Waals surface area contributed by atoms with Crippen molar-refractivity contribution in [3.63, 3.8) is 0 Å². The molecule has 2 aromatic rings. The van der Waals surface area contributed by atoms with Gasteiger partial charge in [0.2, 0.25) is 0 Å². The molecule has 0 radical (unpaired) electrons. The smallest absolute Gasteiger partial charge is 0.124 e. The number of hydrogen-bond acceptors (Lipinski definition) is 3. The average Bonchev–Trinajstić information content (AvgIpc) is 2.64. The van der Waals surface area contributed by atoms with Gasteiger partial charge in [-0.1, -0.05) is 6.92 Å². The number of nitrogens with zero attached hydrogens (tertiary/aromatic N) is 3. The maximum Gasteiger partial charge on any atom is 0.124 e. The topological polar surface area (TPSA) is 47.1 Å². The summed E-state index contributed by atoms with van der Waals surface area (Å²) in [7, 11) is 0. The molecule has 0 bridgehead atoms. The van der Waals surface area contributed by atoms with Gasteiger partial charge in [-0.2, -0.15) is 0 Å². The van der Waals surface area contributed by atoms with Gasteiger partial charge in [0.1, 0.15) is 5.82 Å². The lowest BCUT2D eigenvalue weighted by molar-refractivity contribution is 0.230. The predicted molar refractivity (Wildman–Crippen MR) is 65.1 cm³/mol. The van der Waals surface area contributed by atoms with Crippen molar-refractivity contribution in [2.24, 2.45) is 0 Å². The predicted octanol–water partition coefficient (Wildman–Crippen LogP) is 1.45. The molecule has 1 aliphatic heterocycles. The summed E-state index contributed by atoms with van der Waals surface area (Å²) in [5.74, 6) is 1.16. The molecule has 0 aliphatic carbocycles. The minimum Gasteiger partial charge on any atom is -0.399 e. The molecule has 4 nitrogen and oxygen atoms in total. The van der Waals surface area contributed by atoms with Crippen molar-refractivity contribution in [1.29, 1.82) is 0 Å². The number of aromatic nitrogens is 2. The Kier molecular flexibility index (Phi) is 2.11. The first-order valence-corrected chi connectivity index (χ1v) is 5.75. The summed E-state index contributed by atoms with van der Waals surface area (Å²) in [6, 6.07) is 5.98. The summed E-state index contributed by atoms with van der Waals surface area (Å²) in [6.45, 7) is 6.37. The fourth-order valence-corrected chi connectivity index (χ4v) is 2.36. The molecule has 1 aromatic carbocycles. The monoisotopic (exact) mass is 216 g/mol. The second-order valence-corrected chi connectivity index (χ2v) is 4.30. The summed E-state index contributed by atoms with van der Waals surface area (Å²) in [4.78, 5) is 7.06. The summed E-state index contributed by atoms with van der Waals surface area (Å²) in [5, 5.41) is 0. The van der Waals surface area contributed by atoms with Gasteiger partial charge in [0, 0.05) is 18.8 Å². The molecule has 3 rings (SSSR count). The maximum atomic E-state index is 5.78. The van der Waals surface area contributed by atoms with Crippen LogP contribution in [-0.2, 0) is 13.1 Å². The summed E-state index contributed by atoms with van der Waals surface area (Å²) in [6.07, 6.45) is 0. The van der Waals surface area contributed by atoms with E-state index >= 15 is 0 Å². The van der Waals surface area contributed by atoms with Crippen LogP contribution in [0, 0.1) is 0 Å². The number of nitrogens with two attached hydrogens (primary N) is 1. The Balaban J connectivity index is 2.12. The minimum atomic E-state index is 0.787. The Morgan fingerprint density at radius 2 is 2.25 bits per heavy atom. The molecule has 0 saturated carbocycles. The number of rotatable bonds is 1. The maximum absolute atomic E-state index is 5.78. The number of benzene rings is 1. The third-order valence-corrected chi connectivity index (χ3v) is 3.30. The molecule has 1 aromatic heterocycles. The van der Waals surface area contributed by atoms with Gasteiger partial charge in [-0.15, -0.1) is 0 Å². The van der Waals surface area contributed by atoms with Crippen LogP contribution >= 0.6 is 0 Å². The standard InChI is InChI=1S/C12H16N4/c1-2-15-5-6-16-11-4-3-9(13)7-10(11)14-12(16)8-15/h3-4,7H,2,5-6,8,13H2,1H3. The van der Waals surface area contributed by atoms with E-state index in [2.05, 4.69) is 27.4 Å². The van der Waals surface area contributed by atoms with Gasteiger partial charge in [-0.3, -0.25) is 4.90 Å². The molecular weight excluding hydrogens is 200 g/mol. The van der Waals surface area contributed by atoms with Gasteiger partial charge < -0.3 is 10.3 Å². The third-order valence-electron chi connectivity index (χ3n) is 3.30. The second-order valence-electron chi connectivity index (χ2n) is 4.30. The lowest BCUT2D eigenvalue weighted by atomic mass is 10.3. The molecule has 0 unspecified atom stereocenters. The fourth-order valence-electron chi connectivity index (χ4n) is 2.36. The summed E-state index contributed by atoms with van der Waals surface area (Å²) >= 11 is 0. The van der Waals surface area contributed by atoms with Crippen LogP contribution in [0.4, 0.5) is 5.69 Å². The molecule has 0 saturated heterocycles. The van der Waals surface area contributed by atoms with Gasteiger partial charge in [-0.25, -0.2) is 4.98 Å². The summed E-state index contributed by atoms with van der Waals surface area (Å²) in [5.41, 5.74) is 8.79. The van der Waals surface area contributed by atoms with E-state index < -0.39 is 0 Å². The van der Waals surface area contributed by atoms with Crippen LogP contribution < -0.4 is 5.73 Å². The van der Waals surface area contributed by atoms with Gasteiger partial charge in [0.25, 0.3) is 0 Å². The van der Waals surface area contributed by atoms with Crippen LogP contribution in [0.3, 0.4) is 0 Å². The molecule has 2 heterocycles. The second kappa shape index (κ2) is 3.49. The van der Waals surface area contributed by atoms with Crippen molar-refractivity contribution < 1.29 is 0 Å². The van der Waals surface area contributed by atoms with E-state index in [4.69, 9.17) is 5.73 Å². The lowest BCUT2D eigenvalue weighted by Crippen LogP contribution is -2.33. The average molecular weight is 216 g/mol. The molecule has 0 spiro atoms. The molecule has 0 amide bonds. The molecule has 1 aliphatic rings. The normalized spacial score (nSPS) is 16.6. The first-order valence-electron chi connectivity index (χ1n) is 5.75. The van der Waals surface area contributed by atoms with Gasteiger partial charge in [0.15, 0.2) is 0 Å². The largest absolute Gasteiger partial charge is 0.399 e. The van der Waals surface area contributed by atoms with Crippen molar-refractivity contribution in [1.82, 2.24) is 14.5 Å². The molecule has 4 heteroatoms. The van der Waals surface area contributed by atoms with Crippen molar-refractivity contribution >= 4 is 16.7 Å². The van der Waals surface area contributed by atoms with Gasteiger partial charge in [0.05, 0.1) is 17.6 Å². The zero-order valence-corrected chi connectivity index (χ0v) is 9.48. The Hall–Kier alpha value is -1.55. The SMILES string of the molecule is CCN1CCn2c(nc3cc(N)ccc32)C1. The van der Waals surface area contributed by atoms with Crippen molar-refractivity contribution in [3.05, 3.63) is 24.0 Å². The highest BCUT2D eigenvalue weighted by Crippen LogP contribution is 2.22.